The summed E-state index contributed by atoms with van der Waals surface area (Å²) in [6.07, 6.45) is 2.54. The predicted molar refractivity (Wildman–Crippen MR) is 61.2 cm³/mol. The maximum atomic E-state index is 12.0. The number of amides is 1. The van der Waals surface area contributed by atoms with Crippen molar-refractivity contribution in [2.75, 3.05) is 20.1 Å². The van der Waals surface area contributed by atoms with Crippen LogP contribution in [-0.2, 0) is 0 Å². The van der Waals surface area contributed by atoms with E-state index in [4.69, 9.17) is 4.42 Å². The molecule has 2 heterocycles. The molecule has 0 spiro atoms. The van der Waals surface area contributed by atoms with Gasteiger partial charge < -0.3 is 14.6 Å². The molecule has 0 radical (unpaired) electrons. The summed E-state index contributed by atoms with van der Waals surface area (Å²) in [4.78, 5) is 13.9. The molecule has 0 aromatic carbocycles. The first-order chi connectivity index (χ1) is 7.72. The number of carbonyl (C=O) groups excluding carboxylic acids is 1. The molecule has 1 N–H and O–H groups in total. The number of hydrogen-bond acceptors (Lipinski definition) is 3. The van der Waals surface area contributed by atoms with Gasteiger partial charge in [0.15, 0.2) is 5.76 Å². The maximum absolute atomic E-state index is 12.0. The number of hydrogen-bond donors (Lipinski definition) is 1. The molecular weight excluding hydrogens is 204 g/mol. The van der Waals surface area contributed by atoms with Crippen LogP contribution in [0.3, 0.4) is 0 Å². The van der Waals surface area contributed by atoms with Gasteiger partial charge in [-0.15, -0.1) is 0 Å². The van der Waals surface area contributed by atoms with Gasteiger partial charge in [0.05, 0.1) is 6.26 Å². The third-order valence-corrected chi connectivity index (χ3v) is 3.30. The lowest BCUT2D eigenvalue weighted by molar-refractivity contribution is 0.0617. The summed E-state index contributed by atoms with van der Waals surface area (Å²) >= 11 is 0. The van der Waals surface area contributed by atoms with Crippen LogP contribution in [0.25, 0.3) is 0 Å². The van der Waals surface area contributed by atoms with Crippen molar-refractivity contribution >= 4 is 5.91 Å². The molecule has 1 aromatic heterocycles. The molecular formula is C12H18N2O2. The highest BCUT2D eigenvalue weighted by Gasteiger charge is 2.28. The van der Waals surface area contributed by atoms with Crippen molar-refractivity contribution in [1.82, 2.24) is 10.2 Å². The number of rotatable bonds is 2. The molecule has 0 saturated carbocycles. The smallest absolute Gasteiger partial charge is 0.289 e. The van der Waals surface area contributed by atoms with Crippen molar-refractivity contribution in [2.24, 2.45) is 5.92 Å². The van der Waals surface area contributed by atoms with Crippen LogP contribution in [0.2, 0.25) is 0 Å². The van der Waals surface area contributed by atoms with Gasteiger partial charge in [0.1, 0.15) is 0 Å². The minimum Gasteiger partial charge on any atom is -0.459 e. The molecule has 2 unspecified atom stereocenters. The summed E-state index contributed by atoms with van der Waals surface area (Å²) in [5.74, 6) is 0.930. The Morgan fingerprint density at radius 1 is 1.62 bits per heavy atom. The molecule has 2 rings (SSSR count). The largest absolute Gasteiger partial charge is 0.459 e. The lowest BCUT2D eigenvalue weighted by Crippen LogP contribution is -2.49. The fraction of sp³-hybridized carbons (Fsp3) is 0.583. The summed E-state index contributed by atoms with van der Waals surface area (Å²) in [7, 11) is 1.98. The van der Waals surface area contributed by atoms with Gasteiger partial charge >= 0.3 is 0 Å². The number of nitrogens with zero attached hydrogens (tertiary/aromatic N) is 1. The molecule has 16 heavy (non-hydrogen) atoms. The fourth-order valence-corrected chi connectivity index (χ4v) is 2.31. The van der Waals surface area contributed by atoms with Crippen LogP contribution in [0.4, 0.5) is 0 Å². The number of furan rings is 1. The molecule has 4 heteroatoms. The highest BCUT2D eigenvalue weighted by atomic mass is 16.3. The third-order valence-electron chi connectivity index (χ3n) is 3.30. The Hall–Kier alpha value is -1.29. The lowest BCUT2D eigenvalue weighted by atomic mass is 9.94. The second-order valence-electron chi connectivity index (χ2n) is 4.39. The SMILES string of the molecule is CNC1CCN(C(=O)c2ccco2)CC1C. The van der Waals surface area contributed by atoms with Crippen molar-refractivity contribution in [2.45, 2.75) is 19.4 Å². The van der Waals surface area contributed by atoms with Crippen LogP contribution in [0.1, 0.15) is 23.9 Å². The Labute approximate surface area is 95.6 Å². The third kappa shape index (κ3) is 2.11. The molecule has 0 aliphatic carbocycles. The van der Waals surface area contributed by atoms with E-state index in [2.05, 4.69) is 12.2 Å². The number of carbonyl (C=O) groups is 1. The zero-order valence-corrected chi connectivity index (χ0v) is 9.77. The molecule has 2 atom stereocenters. The predicted octanol–water partition coefficient (Wildman–Crippen LogP) is 1.35. The zero-order chi connectivity index (χ0) is 11.5. The summed E-state index contributed by atoms with van der Waals surface area (Å²) < 4.78 is 5.13. The van der Waals surface area contributed by atoms with E-state index in [-0.39, 0.29) is 5.91 Å². The van der Waals surface area contributed by atoms with Crippen LogP contribution < -0.4 is 5.32 Å². The van der Waals surface area contributed by atoms with Crippen molar-refractivity contribution in [3.05, 3.63) is 24.2 Å². The molecule has 1 amide bonds. The molecule has 1 fully saturated rings. The van der Waals surface area contributed by atoms with Gasteiger partial charge in [0.25, 0.3) is 5.91 Å². The molecule has 1 aliphatic heterocycles. The monoisotopic (exact) mass is 222 g/mol. The quantitative estimate of drug-likeness (QED) is 0.821. The average molecular weight is 222 g/mol. The van der Waals surface area contributed by atoms with E-state index in [1.165, 1.54) is 6.26 Å². The Morgan fingerprint density at radius 2 is 2.44 bits per heavy atom. The first-order valence-corrected chi connectivity index (χ1v) is 5.72. The first kappa shape index (κ1) is 11.2. The Kier molecular flexibility index (Phi) is 3.29. The van der Waals surface area contributed by atoms with E-state index in [1.54, 1.807) is 12.1 Å². The summed E-state index contributed by atoms with van der Waals surface area (Å²) in [5, 5.41) is 3.29. The van der Waals surface area contributed by atoms with Gasteiger partial charge in [-0.2, -0.15) is 0 Å². The second-order valence-corrected chi connectivity index (χ2v) is 4.39. The topological polar surface area (TPSA) is 45.5 Å². The van der Waals surface area contributed by atoms with E-state index in [0.29, 0.717) is 17.7 Å². The molecule has 0 bridgehead atoms. The standard InChI is InChI=1S/C12H18N2O2/c1-9-8-14(6-5-10(9)13-2)12(15)11-4-3-7-16-11/h3-4,7,9-10,13H,5-6,8H2,1-2H3. The Balaban J connectivity index is 2.00. The van der Waals surface area contributed by atoms with Crippen LogP contribution >= 0.6 is 0 Å². The van der Waals surface area contributed by atoms with Crippen molar-refractivity contribution in [3.63, 3.8) is 0 Å². The Morgan fingerprint density at radius 3 is 3.00 bits per heavy atom. The molecule has 1 aromatic rings. The van der Waals surface area contributed by atoms with E-state index in [9.17, 15) is 4.79 Å². The minimum absolute atomic E-state index is 0.00593. The summed E-state index contributed by atoms with van der Waals surface area (Å²) in [6, 6.07) is 3.98. The van der Waals surface area contributed by atoms with Crippen LogP contribution in [0.15, 0.2) is 22.8 Å². The number of nitrogens with one attached hydrogen (secondary N) is 1. The van der Waals surface area contributed by atoms with Gasteiger partial charge in [0, 0.05) is 19.1 Å². The van der Waals surface area contributed by atoms with Crippen LogP contribution in [0.5, 0.6) is 0 Å². The zero-order valence-electron chi connectivity index (χ0n) is 9.77. The normalized spacial score (nSPS) is 25.8. The van der Waals surface area contributed by atoms with Crippen LogP contribution in [-0.4, -0.2) is 37.0 Å². The number of likely N-dealkylation sites (tertiary alicyclic amines) is 1. The van der Waals surface area contributed by atoms with Gasteiger partial charge in [0.2, 0.25) is 0 Å². The van der Waals surface area contributed by atoms with Crippen LogP contribution in [0, 0.1) is 5.92 Å². The maximum Gasteiger partial charge on any atom is 0.289 e. The molecule has 1 saturated heterocycles. The fourth-order valence-electron chi connectivity index (χ4n) is 2.31. The molecule has 88 valence electrons. The average Bonchev–Trinajstić information content (AvgIpc) is 2.81. The highest BCUT2D eigenvalue weighted by molar-refractivity contribution is 5.91. The molecule has 1 aliphatic rings. The first-order valence-electron chi connectivity index (χ1n) is 5.72. The summed E-state index contributed by atoms with van der Waals surface area (Å²) in [6.45, 7) is 3.77. The summed E-state index contributed by atoms with van der Waals surface area (Å²) in [5.41, 5.74) is 0. The Bertz CT molecular complexity index is 348. The van der Waals surface area contributed by atoms with E-state index < -0.39 is 0 Å². The van der Waals surface area contributed by atoms with E-state index in [1.807, 2.05) is 11.9 Å². The van der Waals surface area contributed by atoms with Crippen molar-refractivity contribution in [1.29, 1.82) is 0 Å². The van der Waals surface area contributed by atoms with Crippen molar-refractivity contribution < 1.29 is 9.21 Å². The molecule has 4 nitrogen and oxygen atoms in total. The van der Waals surface area contributed by atoms with Gasteiger partial charge in [-0.1, -0.05) is 6.92 Å². The van der Waals surface area contributed by atoms with E-state index >= 15 is 0 Å². The van der Waals surface area contributed by atoms with Crippen molar-refractivity contribution in [3.8, 4) is 0 Å². The highest BCUT2D eigenvalue weighted by Crippen LogP contribution is 2.18. The lowest BCUT2D eigenvalue weighted by Gasteiger charge is -2.36. The minimum atomic E-state index is 0.00593. The number of piperidine rings is 1. The van der Waals surface area contributed by atoms with E-state index in [0.717, 1.165) is 19.5 Å². The van der Waals surface area contributed by atoms with Gasteiger partial charge in [-0.05, 0) is 31.5 Å². The van der Waals surface area contributed by atoms with Gasteiger partial charge in [-0.3, -0.25) is 4.79 Å². The van der Waals surface area contributed by atoms with Gasteiger partial charge in [-0.25, -0.2) is 0 Å². The second kappa shape index (κ2) is 4.70.